The van der Waals surface area contributed by atoms with Gasteiger partial charge in [-0.2, -0.15) is 5.10 Å². The maximum atomic E-state index is 11.5. The van der Waals surface area contributed by atoms with Crippen LogP contribution in [0.15, 0.2) is 12.5 Å². The maximum absolute atomic E-state index is 11.5. The first-order chi connectivity index (χ1) is 10.7. The number of hydrogen-bond acceptors (Lipinski definition) is 6. The van der Waals surface area contributed by atoms with E-state index in [0.717, 1.165) is 36.3 Å². The zero-order chi connectivity index (χ0) is 15.9. The van der Waals surface area contributed by atoms with Gasteiger partial charge in [-0.05, 0) is 19.8 Å². The van der Waals surface area contributed by atoms with Crippen molar-refractivity contribution in [1.82, 2.24) is 14.6 Å². The monoisotopic (exact) mass is 306 g/mol. The molecule has 0 aromatic carbocycles. The molecule has 0 atom stereocenters. The molecule has 0 fully saturated rings. The largest absolute Gasteiger partial charge is 0.513 e. The number of hydrogen-bond donors (Lipinski definition) is 1. The summed E-state index contributed by atoms with van der Waals surface area (Å²) in [5.74, 6) is 1.21. The highest BCUT2D eigenvalue weighted by Crippen LogP contribution is 2.29. The Hall–Kier alpha value is -2.31. The van der Waals surface area contributed by atoms with E-state index in [2.05, 4.69) is 22.3 Å². The van der Waals surface area contributed by atoms with E-state index >= 15 is 0 Å². The number of rotatable bonds is 7. The van der Waals surface area contributed by atoms with Crippen LogP contribution in [-0.2, 0) is 11.2 Å². The Labute approximate surface area is 129 Å². The topological polar surface area (TPSA) is 77.8 Å². The van der Waals surface area contributed by atoms with Crippen molar-refractivity contribution in [3.8, 4) is 5.75 Å². The molecule has 7 heteroatoms. The van der Waals surface area contributed by atoms with Crippen LogP contribution in [0.5, 0.6) is 5.75 Å². The van der Waals surface area contributed by atoms with Gasteiger partial charge in [0.25, 0.3) is 0 Å². The molecule has 0 saturated carbocycles. The van der Waals surface area contributed by atoms with Gasteiger partial charge in [0, 0.05) is 12.1 Å². The second kappa shape index (κ2) is 7.63. The highest BCUT2D eigenvalue weighted by molar-refractivity contribution is 5.77. The van der Waals surface area contributed by atoms with Crippen molar-refractivity contribution in [2.45, 2.75) is 40.0 Å². The van der Waals surface area contributed by atoms with Crippen LogP contribution in [0.3, 0.4) is 0 Å². The summed E-state index contributed by atoms with van der Waals surface area (Å²) in [6, 6.07) is 0. The lowest BCUT2D eigenvalue weighted by atomic mass is 10.2. The van der Waals surface area contributed by atoms with Crippen molar-refractivity contribution in [2.75, 3.05) is 18.5 Å². The van der Waals surface area contributed by atoms with Gasteiger partial charge in [0.1, 0.15) is 11.8 Å². The van der Waals surface area contributed by atoms with Crippen molar-refractivity contribution < 1.29 is 14.3 Å². The minimum atomic E-state index is -0.707. The van der Waals surface area contributed by atoms with Crippen molar-refractivity contribution in [1.29, 1.82) is 0 Å². The predicted octanol–water partition coefficient (Wildman–Crippen LogP) is 3.04. The molecular formula is C15H22N4O3. The second-order valence-corrected chi connectivity index (χ2v) is 4.79. The van der Waals surface area contributed by atoms with E-state index in [4.69, 9.17) is 9.47 Å². The minimum Gasteiger partial charge on any atom is -0.434 e. The van der Waals surface area contributed by atoms with Gasteiger partial charge >= 0.3 is 6.16 Å². The molecule has 0 aliphatic carbocycles. The van der Waals surface area contributed by atoms with Crippen LogP contribution < -0.4 is 10.1 Å². The lowest BCUT2D eigenvalue weighted by molar-refractivity contribution is 0.104. The number of carbonyl (C=O) groups is 1. The molecule has 1 N–H and O–H groups in total. The van der Waals surface area contributed by atoms with Gasteiger partial charge in [-0.1, -0.05) is 20.3 Å². The molecule has 0 amide bonds. The normalized spacial score (nSPS) is 10.7. The first kappa shape index (κ1) is 16.1. The highest BCUT2D eigenvalue weighted by atomic mass is 16.7. The Morgan fingerprint density at radius 3 is 2.86 bits per heavy atom. The average molecular weight is 306 g/mol. The Balaban J connectivity index is 2.35. The fourth-order valence-electron chi connectivity index (χ4n) is 2.23. The third-order valence-electron chi connectivity index (χ3n) is 3.27. The molecule has 0 unspecified atom stereocenters. The van der Waals surface area contributed by atoms with Crippen LogP contribution in [0.2, 0.25) is 0 Å². The molecule has 2 aromatic heterocycles. The third kappa shape index (κ3) is 3.47. The molecule has 120 valence electrons. The molecule has 0 radical (unpaired) electrons. The molecule has 0 bridgehead atoms. The zero-order valence-electron chi connectivity index (χ0n) is 13.3. The van der Waals surface area contributed by atoms with Gasteiger partial charge in [0.2, 0.25) is 0 Å². The number of fused-ring (bicyclic) bond motifs is 1. The van der Waals surface area contributed by atoms with E-state index in [0.29, 0.717) is 12.2 Å². The van der Waals surface area contributed by atoms with Crippen LogP contribution in [0, 0.1) is 0 Å². The summed E-state index contributed by atoms with van der Waals surface area (Å²) in [6.45, 7) is 6.98. The number of nitrogens with one attached hydrogen (secondary N) is 1. The molecule has 0 aliphatic rings. The molecule has 0 spiro atoms. The van der Waals surface area contributed by atoms with E-state index in [1.807, 2.05) is 6.92 Å². The smallest absolute Gasteiger partial charge is 0.434 e. The van der Waals surface area contributed by atoms with Crippen molar-refractivity contribution >= 4 is 17.5 Å². The predicted molar refractivity (Wildman–Crippen MR) is 83.4 cm³/mol. The molecule has 0 saturated heterocycles. The summed E-state index contributed by atoms with van der Waals surface area (Å²) in [4.78, 5) is 15.8. The maximum Gasteiger partial charge on any atom is 0.513 e. The van der Waals surface area contributed by atoms with Crippen LogP contribution in [0.1, 0.15) is 39.2 Å². The lowest BCUT2D eigenvalue weighted by Gasteiger charge is -2.08. The van der Waals surface area contributed by atoms with Crippen LogP contribution in [-0.4, -0.2) is 33.9 Å². The zero-order valence-corrected chi connectivity index (χ0v) is 13.3. The van der Waals surface area contributed by atoms with E-state index in [1.54, 1.807) is 17.6 Å². The number of anilines is 1. The standard InChI is InChI=1S/C15H22N4O3/c1-4-7-8-16-14-13-11(5-2)12(22-15(20)21-6-3)9-19(13)18-10-17-14/h9-10H,4-8H2,1-3H3,(H,16,17,18). The van der Waals surface area contributed by atoms with Gasteiger partial charge < -0.3 is 14.8 Å². The quantitative estimate of drug-likeness (QED) is 0.626. The number of unbranched alkanes of at least 4 members (excludes halogenated alkanes) is 1. The second-order valence-electron chi connectivity index (χ2n) is 4.79. The van der Waals surface area contributed by atoms with Gasteiger partial charge in [0.15, 0.2) is 11.6 Å². The van der Waals surface area contributed by atoms with E-state index in [1.165, 1.54) is 6.33 Å². The first-order valence-corrected chi connectivity index (χ1v) is 7.64. The number of carbonyl (C=O) groups excluding carboxylic acids is 1. The van der Waals surface area contributed by atoms with Gasteiger partial charge in [-0.15, -0.1) is 0 Å². The summed E-state index contributed by atoms with van der Waals surface area (Å²) >= 11 is 0. The summed E-state index contributed by atoms with van der Waals surface area (Å²) < 4.78 is 11.8. The number of aryl methyl sites for hydroxylation is 1. The lowest BCUT2D eigenvalue weighted by Crippen LogP contribution is -2.10. The fraction of sp³-hybridized carbons (Fsp3) is 0.533. The highest BCUT2D eigenvalue weighted by Gasteiger charge is 2.18. The minimum absolute atomic E-state index is 0.275. The van der Waals surface area contributed by atoms with E-state index in [9.17, 15) is 4.79 Å². The summed E-state index contributed by atoms with van der Waals surface area (Å²) in [5, 5.41) is 7.50. The van der Waals surface area contributed by atoms with E-state index in [-0.39, 0.29) is 6.61 Å². The molecule has 2 heterocycles. The van der Waals surface area contributed by atoms with Gasteiger partial charge in [0.05, 0.1) is 12.8 Å². The fourth-order valence-corrected chi connectivity index (χ4v) is 2.23. The van der Waals surface area contributed by atoms with Crippen LogP contribution in [0.4, 0.5) is 10.6 Å². The molecule has 7 nitrogen and oxygen atoms in total. The SMILES string of the molecule is CCCCNc1ncnn2cc(OC(=O)OCC)c(CC)c12. The number of aromatic nitrogens is 3. The van der Waals surface area contributed by atoms with Gasteiger partial charge in [-0.3, -0.25) is 0 Å². The first-order valence-electron chi connectivity index (χ1n) is 7.64. The Morgan fingerprint density at radius 2 is 2.18 bits per heavy atom. The summed E-state index contributed by atoms with van der Waals surface area (Å²) in [7, 11) is 0. The molecular weight excluding hydrogens is 284 g/mol. The number of nitrogens with zero attached hydrogens (tertiary/aromatic N) is 3. The van der Waals surface area contributed by atoms with E-state index < -0.39 is 6.16 Å². The number of ether oxygens (including phenoxy) is 2. The molecule has 2 aromatic rings. The van der Waals surface area contributed by atoms with Crippen LogP contribution in [0.25, 0.3) is 5.52 Å². The molecule has 2 rings (SSSR count). The summed E-state index contributed by atoms with van der Waals surface area (Å²) in [6.07, 6.45) is 5.31. The average Bonchev–Trinajstić information content (AvgIpc) is 2.85. The third-order valence-corrected chi connectivity index (χ3v) is 3.27. The Bertz CT molecular complexity index is 639. The molecule has 0 aliphatic heterocycles. The Kier molecular flexibility index (Phi) is 5.57. The van der Waals surface area contributed by atoms with Gasteiger partial charge in [-0.25, -0.2) is 14.3 Å². The van der Waals surface area contributed by atoms with Crippen LogP contribution >= 0.6 is 0 Å². The molecule has 22 heavy (non-hydrogen) atoms. The van der Waals surface area contributed by atoms with Crippen molar-refractivity contribution in [3.63, 3.8) is 0 Å². The van der Waals surface area contributed by atoms with Crippen molar-refractivity contribution in [3.05, 3.63) is 18.1 Å². The summed E-state index contributed by atoms with van der Waals surface area (Å²) in [5.41, 5.74) is 1.72. The van der Waals surface area contributed by atoms with Crippen molar-refractivity contribution in [2.24, 2.45) is 0 Å². The Morgan fingerprint density at radius 1 is 1.36 bits per heavy atom.